The van der Waals surface area contributed by atoms with Crippen molar-refractivity contribution in [1.82, 2.24) is 4.90 Å². The van der Waals surface area contributed by atoms with E-state index in [0.717, 1.165) is 25.7 Å². The molecule has 2 unspecified atom stereocenters. The number of benzene rings is 1. The van der Waals surface area contributed by atoms with Gasteiger partial charge in [0.15, 0.2) is 0 Å². The molecular formula is C21H29NO2. The van der Waals surface area contributed by atoms with Crippen molar-refractivity contribution in [3.8, 4) is 0 Å². The van der Waals surface area contributed by atoms with Crippen LogP contribution < -0.4 is 0 Å². The van der Waals surface area contributed by atoms with E-state index >= 15 is 0 Å². The van der Waals surface area contributed by atoms with Crippen molar-refractivity contribution in [1.29, 1.82) is 0 Å². The van der Waals surface area contributed by atoms with E-state index in [2.05, 4.69) is 37.3 Å². The zero-order valence-corrected chi connectivity index (χ0v) is 15.3. The lowest BCUT2D eigenvalue weighted by molar-refractivity contribution is 0.0175. The third kappa shape index (κ3) is 3.66. The zero-order valence-electron chi connectivity index (χ0n) is 15.3. The molecule has 2 atom stereocenters. The van der Waals surface area contributed by atoms with E-state index in [1.807, 2.05) is 25.7 Å². The molecule has 3 rings (SSSR count). The fourth-order valence-electron chi connectivity index (χ4n) is 3.82. The normalized spacial score (nSPS) is 23.2. The molecular weight excluding hydrogens is 298 g/mol. The molecule has 0 saturated carbocycles. The molecule has 2 aliphatic heterocycles. The van der Waals surface area contributed by atoms with Crippen LogP contribution in [0.5, 0.6) is 0 Å². The van der Waals surface area contributed by atoms with Gasteiger partial charge in [0.1, 0.15) is 5.60 Å². The van der Waals surface area contributed by atoms with E-state index < -0.39 is 5.60 Å². The molecule has 1 saturated heterocycles. The van der Waals surface area contributed by atoms with E-state index in [1.165, 1.54) is 23.1 Å². The Bertz CT molecular complexity index is 624. The van der Waals surface area contributed by atoms with Gasteiger partial charge in [0.25, 0.3) is 0 Å². The van der Waals surface area contributed by atoms with Crippen LogP contribution >= 0.6 is 0 Å². The van der Waals surface area contributed by atoms with Gasteiger partial charge in [0.05, 0.1) is 6.04 Å². The van der Waals surface area contributed by atoms with Crippen molar-refractivity contribution in [2.75, 3.05) is 0 Å². The summed E-state index contributed by atoms with van der Waals surface area (Å²) in [5.74, 6) is 0. The predicted octanol–water partition coefficient (Wildman–Crippen LogP) is 5.19. The Morgan fingerprint density at radius 2 is 1.92 bits per heavy atom. The van der Waals surface area contributed by atoms with Crippen molar-refractivity contribution in [3.63, 3.8) is 0 Å². The number of fused-ring (bicyclic) bond motifs is 2. The van der Waals surface area contributed by atoms with Crippen LogP contribution in [-0.2, 0) is 11.2 Å². The van der Waals surface area contributed by atoms with Crippen molar-refractivity contribution in [3.05, 3.63) is 41.5 Å². The Labute approximate surface area is 145 Å². The highest BCUT2D eigenvalue weighted by atomic mass is 16.6. The van der Waals surface area contributed by atoms with Crippen LogP contribution in [0.3, 0.4) is 0 Å². The summed E-state index contributed by atoms with van der Waals surface area (Å²) in [5.41, 5.74) is 3.65. The Hall–Kier alpha value is -1.77. The van der Waals surface area contributed by atoms with Gasteiger partial charge in [-0.2, -0.15) is 0 Å². The minimum Gasteiger partial charge on any atom is -0.444 e. The summed E-state index contributed by atoms with van der Waals surface area (Å²) in [6, 6.07) is 9.41. The Morgan fingerprint density at radius 1 is 1.21 bits per heavy atom. The fraction of sp³-hybridized carbons (Fsp3) is 0.571. The molecule has 0 N–H and O–H groups in total. The lowest BCUT2D eigenvalue weighted by atomic mass is 9.94. The summed E-state index contributed by atoms with van der Waals surface area (Å²) in [6.45, 7) is 7.99. The molecule has 1 aromatic carbocycles. The number of carbonyl (C=O) groups is 1. The standard InChI is InChI=1S/C21H29NO2/c1-5-6-15-7-9-16(10-8-15)17-13-18-11-12-19(14-17)22(18)20(23)24-21(2,3)4/h7-10,13,18-19H,5-6,11-12,14H2,1-4H3. The minimum atomic E-state index is -0.435. The van der Waals surface area contributed by atoms with Crippen LogP contribution in [0.1, 0.15) is 64.5 Å². The van der Waals surface area contributed by atoms with Gasteiger partial charge in [-0.25, -0.2) is 4.79 Å². The molecule has 0 aliphatic carbocycles. The molecule has 2 aliphatic rings. The largest absolute Gasteiger partial charge is 0.444 e. The molecule has 0 spiro atoms. The van der Waals surface area contributed by atoms with Crippen molar-refractivity contribution in [2.24, 2.45) is 0 Å². The maximum atomic E-state index is 12.5. The van der Waals surface area contributed by atoms with E-state index in [9.17, 15) is 4.79 Å². The topological polar surface area (TPSA) is 29.5 Å². The first-order chi connectivity index (χ1) is 11.4. The molecule has 24 heavy (non-hydrogen) atoms. The van der Waals surface area contributed by atoms with E-state index in [1.54, 1.807) is 0 Å². The average Bonchev–Trinajstić information content (AvgIpc) is 2.77. The molecule has 130 valence electrons. The molecule has 3 heteroatoms. The average molecular weight is 327 g/mol. The first-order valence-corrected chi connectivity index (χ1v) is 9.18. The Kier molecular flexibility index (Phi) is 4.71. The summed E-state index contributed by atoms with van der Waals surface area (Å²) in [5, 5.41) is 0. The summed E-state index contributed by atoms with van der Waals surface area (Å²) >= 11 is 0. The molecule has 1 fully saturated rings. The van der Waals surface area contributed by atoms with E-state index in [-0.39, 0.29) is 18.2 Å². The SMILES string of the molecule is CCCc1ccc(C2=CC3CCC(C2)N3C(=O)OC(C)(C)C)cc1. The maximum Gasteiger partial charge on any atom is 0.411 e. The van der Waals surface area contributed by atoms with Gasteiger partial charge in [-0.15, -0.1) is 0 Å². The number of carbonyl (C=O) groups excluding carboxylic acids is 1. The molecule has 1 aromatic rings. The third-order valence-corrected chi connectivity index (χ3v) is 4.86. The van der Waals surface area contributed by atoms with Gasteiger partial charge in [0.2, 0.25) is 0 Å². The first kappa shape index (κ1) is 17.1. The van der Waals surface area contributed by atoms with E-state index in [4.69, 9.17) is 4.74 Å². The van der Waals surface area contributed by atoms with Gasteiger partial charge >= 0.3 is 6.09 Å². The van der Waals surface area contributed by atoms with Crippen LogP contribution in [0, 0.1) is 0 Å². The molecule has 2 heterocycles. The molecule has 0 radical (unpaired) electrons. The number of ether oxygens (including phenoxy) is 1. The summed E-state index contributed by atoms with van der Waals surface area (Å²) in [6.07, 6.45) is 7.47. The number of rotatable bonds is 3. The van der Waals surface area contributed by atoms with Crippen LogP contribution in [0.4, 0.5) is 4.79 Å². The van der Waals surface area contributed by atoms with Gasteiger partial charge in [0, 0.05) is 6.04 Å². The second-order valence-corrected chi connectivity index (χ2v) is 8.03. The van der Waals surface area contributed by atoms with Gasteiger partial charge in [-0.05, 0) is 63.2 Å². The minimum absolute atomic E-state index is 0.163. The smallest absolute Gasteiger partial charge is 0.411 e. The van der Waals surface area contributed by atoms with E-state index in [0.29, 0.717) is 0 Å². The van der Waals surface area contributed by atoms with Crippen LogP contribution in [-0.4, -0.2) is 28.7 Å². The summed E-state index contributed by atoms with van der Waals surface area (Å²) < 4.78 is 5.60. The van der Waals surface area contributed by atoms with Gasteiger partial charge < -0.3 is 4.74 Å². The maximum absolute atomic E-state index is 12.5. The molecule has 2 bridgehead atoms. The Balaban J connectivity index is 1.75. The van der Waals surface area contributed by atoms with Crippen LogP contribution in [0.2, 0.25) is 0 Å². The summed E-state index contributed by atoms with van der Waals surface area (Å²) in [4.78, 5) is 14.5. The molecule has 1 amide bonds. The number of amides is 1. The Morgan fingerprint density at radius 3 is 2.50 bits per heavy atom. The first-order valence-electron chi connectivity index (χ1n) is 9.18. The quantitative estimate of drug-likeness (QED) is 0.764. The lowest BCUT2D eigenvalue weighted by Crippen LogP contribution is -2.45. The number of hydrogen-bond acceptors (Lipinski definition) is 2. The van der Waals surface area contributed by atoms with Gasteiger partial charge in [-0.1, -0.05) is 43.7 Å². The highest BCUT2D eigenvalue weighted by molar-refractivity contribution is 5.75. The second kappa shape index (κ2) is 6.62. The fourth-order valence-corrected chi connectivity index (χ4v) is 3.82. The zero-order chi connectivity index (χ0) is 17.3. The highest BCUT2D eigenvalue weighted by Crippen LogP contribution is 2.39. The third-order valence-electron chi connectivity index (χ3n) is 4.86. The number of hydrogen-bond donors (Lipinski definition) is 0. The lowest BCUT2D eigenvalue weighted by Gasteiger charge is -2.35. The number of aryl methyl sites for hydroxylation is 1. The second-order valence-electron chi connectivity index (χ2n) is 8.03. The monoisotopic (exact) mass is 327 g/mol. The van der Waals surface area contributed by atoms with Crippen LogP contribution in [0.15, 0.2) is 30.3 Å². The van der Waals surface area contributed by atoms with Gasteiger partial charge in [-0.3, -0.25) is 4.90 Å². The summed E-state index contributed by atoms with van der Waals surface area (Å²) in [7, 11) is 0. The molecule has 3 nitrogen and oxygen atoms in total. The van der Waals surface area contributed by atoms with Crippen molar-refractivity contribution >= 4 is 11.7 Å². The predicted molar refractivity (Wildman–Crippen MR) is 97.9 cm³/mol. The van der Waals surface area contributed by atoms with Crippen LogP contribution in [0.25, 0.3) is 5.57 Å². The molecule has 0 aromatic heterocycles. The van der Waals surface area contributed by atoms with Crippen molar-refractivity contribution < 1.29 is 9.53 Å². The highest BCUT2D eigenvalue weighted by Gasteiger charge is 2.41. The van der Waals surface area contributed by atoms with Crippen molar-refractivity contribution in [2.45, 2.75) is 77.5 Å². The number of nitrogens with zero attached hydrogens (tertiary/aromatic N) is 1.